The van der Waals surface area contributed by atoms with Gasteiger partial charge in [-0.2, -0.15) is 8.42 Å². The number of rotatable bonds is 8. The third kappa shape index (κ3) is 4.28. The number of hydrogen-bond donors (Lipinski definition) is 0. The molecule has 0 bridgehead atoms. The van der Waals surface area contributed by atoms with Crippen LogP contribution in [0.1, 0.15) is 38.2 Å². The quantitative estimate of drug-likeness (QED) is 0.546. The maximum Gasteiger partial charge on any atom is 0.296 e. The molecule has 0 radical (unpaired) electrons. The van der Waals surface area contributed by atoms with Crippen LogP contribution in [0.4, 0.5) is 0 Å². The zero-order valence-electron chi connectivity index (χ0n) is 12.8. The lowest BCUT2D eigenvalue weighted by molar-refractivity contribution is -0.123. The summed E-state index contributed by atoms with van der Waals surface area (Å²) >= 11 is 0. The predicted octanol–water partition coefficient (Wildman–Crippen LogP) is 3.30. The van der Waals surface area contributed by atoms with Crippen LogP contribution < -0.4 is 0 Å². The first-order valence-corrected chi connectivity index (χ1v) is 8.92. The molecule has 1 aliphatic heterocycles. The fraction of sp³-hybridized carbons (Fsp3) is 0.625. The Morgan fingerprint density at radius 1 is 1.19 bits per heavy atom. The molecule has 2 rings (SSSR count). The average molecular weight is 312 g/mol. The summed E-state index contributed by atoms with van der Waals surface area (Å²) in [5.74, 6) is 0. The zero-order chi connectivity index (χ0) is 15.3. The van der Waals surface area contributed by atoms with Crippen LogP contribution in [0.15, 0.2) is 29.2 Å². The van der Waals surface area contributed by atoms with Crippen LogP contribution in [-0.4, -0.2) is 28.2 Å². The van der Waals surface area contributed by atoms with Crippen molar-refractivity contribution >= 4 is 10.1 Å². The third-order valence-electron chi connectivity index (χ3n) is 4.00. The summed E-state index contributed by atoms with van der Waals surface area (Å²) in [6.45, 7) is 5.92. The van der Waals surface area contributed by atoms with Gasteiger partial charge in [0.1, 0.15) is 0 Å². The summed E-state index contributed by atoms with van der Waals surface area (Å²) in [5.41, 5.74) is 1.28. The lowest BCUT2D eigenvalue weighted by atomic mass is 9.77. The molecule has 1 saturated heterocycles. The minimum absolute atomic E-state index is 0.225. The molecule has 0 unspecified atom stereocenters. The monoisotopic (exact) mass is 312 g/mol. The molecule has 0 N–H and O–H groups in total. The SMILES string of the molecule is CCCC1(CCCOS(=O)(=O)c2ccc(C)cc2)COC1. The van der Waals surface area contributed by atoms with Crippen molar-refractivity contribution in [1.82, 2.24) is 0 Å². The van der Waals surface area contributed by atoms with Crippen LogP contribution in [0.5, 0.6) is 0 Å². The second kappa shape index (κ2) is 6.90. The Kier molecular flexibility index (Phi) is 5.41. The highest BCUT2D eigenvalue weighted by Gasteiger charge is 2.36. The van der Waals surface area contributed by atoms with Crippen molar-refractivity contribution in [3.8, 4) is 0 Å². The molecular formula is C16H24O4S. The van der Waals surface area contributed by atoms with Gasteiger partial charge in [0.25, 0.3) is 10.1 Å². The number of aryl methyl sites for hydroxylation is 1. The molecule has 1 fully saturated rings. The Morgan fingerprint density at radius 2 is 1.86 bits per heavy atom. The first kappa shape index (κ1) is 16.5. The maximum atomic E-state index is 12.0. The highest BCUT2D eigenvalue weighted by molar-refractivity contribution is 7.86. The molecule has 5 heteroatoms. The molecule has 1 aromatic rings. The van der Waals surface area contributed by atoms with E-state index in [9.17, 15) is 8.42 Å². The van der Waals surface area contributed by atoms with Gasteiger partial charge < -0.3 is 4.74 Å². The number of hydrogen-bond acceptors (Lipinski definition) is 4. The molecule has 0 amide bonds. The van der Waals surface area contributed by atoms with Crippen molar-refractivity contribution in [1.29, 1.82) is 0 Å². The highest BCUT2D eigenvalue weighted by atomic mass is 32.2. The van der Waals surface area contributed by atoms with Gasteiger partial charge in [0.15, 0.2) is 0 Å². The van der Waals surface area contributed by atoms with Crippen LogP contribution in [0.2, 0.25) is 0 Å². The average Bonchev–Trinajstić information content (AvgIpc) is 2.41. The first-order valence-electron chi connectivity index (χ1n) is 7.51. The van der Waals surface area contributed by atoms with Gasteiger partial charge in [-0.05, 0) is 38.3 Å². The molecule has 118 valence electrons. The molecule has 1 aromatic carbocycles. The van der Waals surface area contributed by atoms with E-state index in [2.05, 4.69) is 6.92 Å². The molecule has 1 aliphatic rings. The molecule has 0 spiro atoms. The fourth-order valence-corrected chi connectivity index (χ4v) is 3.67. The number of ether oxygens (including phenoxy) is 1. The Balaban J connectivity index is 1.81. The summed E-state index contributed by atoms with van der Waals surface area (Å²) in [7, 11) is -3.63. The van der Waals surface area contributed by atoms with E-state index in [0.717, 1.165) is 44.5 Å². The molecule has 21 heavy (non-hydrogen) atoms. The fourth-order valence-electron chi connectivity index (χ4n) is 2.72. The smallest absolute Gasteiger partial charge is 0.296 e. The summed E-state index contributed by atoms with van der Waals surface area (Å²) in [5, 5.41) is 0. The van der Waals surface area contributed by atoms with E-state index in [1.807, 2.05) is 6.92 Å². The molecule has 0 aliphatic carbocycles. The Morgan fingerprint density at radius 3 is 2.38 bits per heavy atom. The van der Waals surface area contributed by atoms with Gasteiger partial charge in [-0.25, -0.2) is 0 Å². The van der Waals surface area contributed by atoms with E-state index in [4.69, 9.17) is 8.92 Å². The van der Waals surface area contributed by atoms with Crippen LogP contribution in [-0.2, 0) is 19.0 Å². The first-order chi connectivity index (χ1) is 9.97. The topological polar surface area (TPSA) is 52.6 Å². The molecule has 0 aromatic heterocycles. The lowest BCUT2D eigenvalue weighted by Crippen LogP contribution is -2.42. The van der Waals surface area contributed by atoms with Crippen LogP contribution >= 0.6 is 0 Å². The van der Waals surface area contributed by atoms with E-state index >= 15 is 0 Å². The van der Waals surface area contributed by atoms with Crippen molar-refractivity contribution in [3.63, 3.8) is 0 Å². The second-order valence-electron chi connectivity index (χ2n) is 5.94. The Bertz CT molecular complexity index is 544. The van der Waals surface area contributed by atoms with Gasteiger partial charge in [-0.1, -0.05) is 31.0 Å². The summed E-state index contributed by atoms with van der Waals surface area (Å²) in [6.07, 6.45) is 3.97. The van der Waals surface area contributed by atoms with Gasteiger partial charge in [-0.15, -0.1) is 0 Å². The van der Waals surface area contributed by atoms with Crippen LogP contribution in [0, 0.1) is 12.3 Å². The van der Waals surface area contributed by atoms with Crippen molar-refractivity contribution < 1.29 is 17.3 Å². The normalized spacial score (nSPS) is 17.4. The van der Waals surface area contributed by atoms with E-state index in [1.165, 1.54) is 0 Å². The number of benzene rings is 1. The van der Waals surface area contributed by atoms with Crippen molar-refractivity contribution in [2.24, 2.45) is 5.41 Å². The van der Waals surface area contributed by atoms with Crippen LogP contribution in [0.3, 0.4) is 0 Å². The summed E-state index contributed by atoms with van der Waals surface area (Å²) in [4.78, 5) is 0.225. The largest absolute Gasteiger partial charge is 0.380 e. The third-order valence-corrected chi connectivity index (χ3v) is 5.32. The predicted molar refractivity (Wildman–Crippen MR) is 81.7 cm³/mol. The second-order valence-corrected chi connectivity index (χ2v) is 7.55. The minimum Gasteiger partial charge on any atom is -0.380 e. The van der Waals surface area contributed by atoms with Gasteiger partial charge in [0.05, 0.1) is 24.7 Å². The van der Waals surface area contributed by atoms with Gasteiger partial charge in [-0.3, -0.25) is 4.18 Å². The van der Waals surface area contributed by atoms with E-state index in [1.54, 1.807) is 24.3 Å². The van der Waals surface area contributed by atoms with Gasteiger partial charge in [0.2, 0.25) is 0 Å². The van der Waals surface area contributed by atoms with Crippen molar-refractivity contribution in [3.05, 3.63) is 29.8 Å². The molecule has 0 atom stereocenters. The standard InChI is InChI=1S/C16H24O4S/c1-3-9-16(12-19-13-16)10-4-11-20-21(17,18)15-7-5-14(2)6-8-15/h5-8H,3-4,9-13H2,1-2H3. The van der Waals surface area contributed by atoms with Crippen LogP contribution in [0.25, 0.3) is 0 Å². The molecule has 4 nitrogen and oxygen atoms in total. The van der Waals surface area contributed by atoms with Crippen molar-refractivity contribution in [2.45, 2.75) is 44.4 Å². The molecule has 0 saturated carbocycles. The van der Waals surface area contributed by atoms with E-state index in [0.29, 0.717) is 0 Å². The minimum atomic E-state index is -3.63. The maximum absolute atomic E-state index is 12.0. The summed E-state index contributed by atoms with van der Waals surface area (Å²) in [6, 6.07) is 6.72. The Hall–Kier alpha value is -0.910. The lowest BCUT2D eigenvalue weighted by Gasteiger charge is -2.41. The summed E-state index contributed by atoms with van der Waals surface area (Å²) < 4.78 is 34.5. The van der Waals surface area contributed by atoms with Crippen molar-refractivity contribution in [2.75, 3.05) is 19.8 Å². The highest BCUT2D eigenvalue weighted by Crippen LogP contribution is 2.37. The molecular weight excluding hydrogens is 288 g/mol. The van der Waals surface area contributed by atoms with Gasteiger partial charge >= 0.3 is 0 Å². The van der Waals surface area contributed by atoms with E-state index < -0.39 is 10.1 Å². The molecule has 1 heterocycles. The van der Waals surface area contributed by atoms with E-state index in [-0.39, 0.29) is 16.9 Å². The zero-order valence-corrected chi connectivity index (χ0v) is 13.6. The van der Waals surface area contributed by atoms with Gasteiger partial charge in [0, 0.05) is 5.41 Å². The Labute approximate surface area is 127 Å².